The van der Waals surface area contributed by atoms with Gasteiger partial charge in [0.15, 0.2) is 10.3 Å². The van der Waals surface area contributed by atoms with Gasteiger partial charge in [-0.25, -0.2) is 15.0 Å². The van der Waals surface area contributed by atoms with Crippen LogP contribution in [-0.4, -0.2) is 20.1 Å². The van der Waals surface area contributed by atoms with Gasteiger partial charge in [0.1, 0.15) is 5.03 Å². The van der Waals surface area contributed by atoms with Crippen molar-refractivity contribution in [3.05, 3.63) is 71.6 Å². The first-order chi connectivity index (χ1) is 12.2. The molecule has 0 amide bonds. The molecule has 0 saturated carbocycles. The average Bonchev–Trinajstić information content (AvgIpc) is 2.64. The summed E-state index contributed by atoms with van der Waals surface area (Å²) in [5.74, 6) is 0. The number of nitrogens with one attached hydrogen (secondary N) is 2. The van der Waals surface area contributed by atoms with E-state index in [4.69, 9.17) is 23.8 Å². The predicted molar refractivity (Wildman–Crippen MR) is 105 cm³/mol. The number of halogens is 1. The molecule has 2 N–H and O–H groups in total. The van der Waals surface area contributed by atoms with E-state index in [1.807, 2.05) is 36.4 Å². The minimum absolute atomic E-state index is 0.508. The van der Waals surface area contributed by atoms with Crippen LogP contribution in [0.1, 0.15) is 5.56 Å². The quantitative estimate of drug-likeness (QED) is 0.503. The van der Waals surface area contributed by atoms with Crippen molar-refractivity contribution in [2.75, 3.05) is 5.32 Å². The molecule has 0 unspecified atom stereocenters. The van der Waals surface area contributed by atoms with Gasteiger partial charge in [-0.1, -0.05) is 29.8 Å². The van der Waals surface area contributed by atoms with Gasteiger partial charge in [-0.3, -0.25) is 0 Å². The molecule has 2 aromatic heterocycles. The van der Waals surface area contributed by atoms with Crippen LogP contribution in [-0.2, 0) is 6.54 Å². The highest BCUT2D eigenvalue weighted by Crippen LogP contribution is 2.22. The Hall–Kier alpha value is -2.22. The SMILES string of the molecule is S=C(NCc1ccccc1Cl)Nc1ccc(Sc2ncccn2)nc1. The normalized spacial score (nSPS) is 10.3. The fourth-order valence-electron chi connectivity index (χ4n) is 1.94. The molecule has 5 nitrogen and oxygen atoms in total. The molecule has 0 saturated heterocycles. The number of rotatable bonds is 5. The molecule has 0 aliphatic carbocycles. The van der Waals surface area contributed by atoms with Crippen LogP contribution in [0.2, 0.25) is 5.02 Å². The van der Waals surface area contributed by atoms with Gasteiger partial charge in [0, 0.05) is 24.0 Å². The Bertz CT molecular complexity index is 843. The van der Waals surface area contributed by atoms with E-state index in [2.05, 4.69) is 25.6 Å². The Morgan fingerprint density at radius 1 is 1.04 bits per heavy atom. The van der Waals surface area contributed by atoms with Crippen LogP contribution in [0, 0.1) is 0 Å². The largest absolute Gasteiger partial charge is 0.358 e. The number of thiocarbonyl (C=S) groups is 1. The second kappa shape index (κ2) is 8.75. The molecule has 8 heteroatoms. The standard InChI is InChI=1S/C17H14ClN5S2/c18-14-5-2-1-4-12(14)10-22-16(24)23-13-6-7-15(21-11-13)25-17-19-8-3-9-20-17/h1-9,11H,10H2,(H2,22,23,24). The topological polar surface area (TPSA) is 62.7 Å². The van der Waals surface area contributed by atoms with E-state index in [-0.39, 0.29) is 0 Å². The minimum Gasteiger partial charge on any atom is -0.358 e. The molecule has 2 heterocycles. The van der Waals surface area contributed by atoms with Gasteiger partial charge < -0.3 is 10.6 Å². The van der Waals surface area contributed by atoms with Crippen LogP contribution in [0.25, 0.3) is 0 Å². The lowest BCUT2D eigenvalue weighted by molar-refractivity contribution is 0.925. The predicted octanol–water partition coefficient (Wildman–Crippen LogP) is 4.16. The highest BCUT2D eigenvalue weighted by atomic mass is 35.5. The lowest BCUT2D eigenvalue weighted by Crippen LogP contribution is -2.28. The van der Waals surface area contributed by atoms with E-state index < -0.39 is 0 Å². The van der Waals surface area contributed by atoms with Gasteiger partial charge >= 0.3 is 0 Å². The fraction of sp³-hybridized carbons (Fsp3) is 0.0588. The average molecular weight is 388 g/mol. The summed E-state index contributed by atoms with van der Waals surface area (Å²) in [5, 5.41) is 8.91. The van der Waals surface area contributed by atoms with Crippen LogP contribution in [0.3, 0.4) is 0 Å². The van der Waals surface area contributed by atoms with Crippen molar-refractivity contribution in [2.45, 2.75) is 16.7 Å². The molecule has 25 heavy (non-hydrogen) atoms. The summed E-state index contributed by atoms with van der Waals surface area (Å²) >= 11 is 12.8. The number of hydrogen-bond acceptors (Lipinski definition) is 5. The van der Waals surface area contributed by atoms with Crippen LogP contribution in [0.4, 0.5) is 5.69 Å². The van der Waals surface area contributed by atoms with Crippen molar-refractivity contribution < 1.29 is 0 Å². The van der Waals surface area contributed by atoms with E-state index in [1.54, 1.807) is 24.7 Å². The molecular formula is C17H14ClN5S2. The minimum atomic E-state index is 0.508. The molecule has 0 atom stereocenters. The highest BCUT2D eigenvalue weighted by molar-refractivity contribution is 7.99. The summed E-state index contributed by atoms with van der Waals surface area (Å²) in [7, 11) is 0. The zero-order chi connectivity index (χ0) is 17.5. The Morgan fingerprint density at radius 3 is 2.56 bits per heavy atom. The molecule has 0 aliphatic rings. The number of aromatic nitrogens is 3. The molecule has 126 valence electrons. The Morgan fingerprint density at radius 2 is 1.84 bits per heavy atom. The van der Waals surface area contributed by atoms with Crippen LogP contribution < -0.4 is 10.6 Å². The first-order valence-corrected chi connectivity index (χ1v) is 9.00. The van der Waals surface area contributed by atoms with Crippen LogP contribution >= 0.6 is 35.6 Å². The van der Waals surface area contributed by atoms with Crippen molar-refractivity contribution in [3.63, 3.8) is 0 Å². The molecule has 0 fully saturated rings. The Balaban J connectivity index is 1.52. The number of hydrogen-bond donors (Lipinski definition) is 2. The van der Waals surface area contributed by atoms with Crippen molar-refractivity contribution in [2.24, 2.45) is 0 Å². The van der Waals surface area contributed by atoms with Gasteiger partial charge in [0.25, 0.3) is 0 Å². The molecule has 1 aromatic carbocycles. The first kappa shape index (κ1) is 17.6. The zero-order valence-electron chi connectivity index (χ0n) is 13.0. The van der Waals surface area contributed by atoms with Gasteiger partial charge in [-0.05, 0) is 53.8 Å². The summed E-state index contributed by atoms with van der Waals surface area (Å²) in [5.41, 5.74) is 1.79. The van der Waals surface area contributed by atoms with Crippen LogP contribution in [0.5, 0.6) is 0 Å². The second-order valence-corrected chi connectivity index (χ2v) is 6.72. The molecule has 3 aromatic rings. The van der Waals surface area contributed by atoms with Crippen molar-refractivity contribution in [1.29, 1.82) is 0 Å². The number of anilines is 1. The lowest BCUT2D eigenvalue weighted by Gasteiger charge is -2.11. The van der Waals surface area contributed by atoms with Crippen LogP contribution in [0.15, 0.2) is 71.2 Å². The van der Waals surface area contributed by atoms with Crippen molar-refractivity contribution in [3.8, 4) is 0 Å². The number of pyridine rings is 1. The van der Waals surface area contributed by atoms with Crippen molar-refractivity contribution in [1.82, 2.24) is 20.3 Å². The van der Waals surface area contributed by atoms with Gasteiger partial charge in [0.05, 0.1) is 11.9 Å². The summed E-state index contributed by atoms with van der Waals surface area (Å²) in [4.78, 5) is 12.7. The Labute approximate surface area is 160 Å². The molecule has 0 aliphatic heterocycles. The van der Waals surface area contributed by atoms with E-state index in [0.29, 0.717) is 21.8 Å². The summed E-state index contributed by atoms with van der Waals surface area (Å²) < 4.78 is 0. The molecule has 3 rings (SSSR count). The highest BCUT2D eigenvalue weighted by Gasteiger charge is 2.04. The van der Waals surface area contributed by atoms with E-state index in [1.165, 1.54) is 11.8 Å². The number of nitrogens with zero attached hydrogens (tertiary/aromatic N) is 3. The Kier molecular flexibility index (Phi) is 6.16. The smallest absolute Gasteiger partial charge is 0.193 e. The molecule has 0 radical (unpaired) electrons. The number of benzene rings is 1. The van der Waals surface area contributed by atoms with E-state index in [0.717, 1.165) is 16.3 Å². The van der Waals surface area contributed by atoms with Gasteiger partial charge in [-0.15, -0.1) is 0 Å². The van der Waals surface area contributed by atoms with E-state index in [9.17, 15) is 0 Å². The molecule has 0 bridgehead atoms. The second-order valence-electron chi connectivity index (χ2n) is 4.92. The summed E-state index contributed by atoms with van der Waals surface area (Å²) in [6, 6.07) is 13.2. The first-order valence-electron chi connectivity index (χ1n) is 7.40. The lowest BCUT2D eigenvalue weighted by atomic mass is 10.2. The third kappa shape index (κ3) is 5.38. The third-order valence-corrected chi connectivity index (χ3v) is 4.59. The maximum atomic E-state index is 6.13. The monoisotopic (exact) mass is 387 g/mol. The maximum Gasteiger partial charge on any atom is 0.193 e. The molecule has 0 spiro atoms. The van der Waals surface area contributed by atoms with E-state index >= 15 is 0 Å². The summed E-state index contributed by atoms with van der Waals surface area (Å²) in [6.45, 7) is 0.554. The maximum absolute atomic E-state index is 6.13. The third-order valence-electron chi connectivity index (χ3n) is 3.13. The van der Waals surface area contributed by atoms with Crippen molar-refractivity contribution >= 4 is 46.4 Å². The molecular weight excluding hydrogens is 374 g/mol. The van der Waals surface area contributed by atoms with Gasteiger partial charge in [-0.2, -0.15) is 0 Å². The summed E-state index contributed by atoms with van der Waals surface area (Å²) in [6.07, 6.45) is 5.12. The zero-order valence-corrected chi connectivity index (χ0v) is 15.4. The fourth-order valence-corrected chi connectivity index (χ4v) is 2.99. The van der Waals surface area contributed by atoms with Gasteiger partial charge in [0.2, 0.25) is 0 Å².